The highest BCUT2D eigenvalue weighted by molar-refractivity contribution is 5.95. The highest BCUT2D eigenvalue weighted by Crippen LogP contribution is 2.20. The van der Waals surface area contributed by atoms with E-state index in [0.29, 0.717) is 6.54 Å². The van der Waals surface area contributed by atoms with Gasteiger partial charge in [0.2, 0.25) is 5.91 Å². The van der Waals surface area contributed by atoms with Gasteiger partial charge in [0, 0.05) is 25.7 Å². The van der Waals surface area contributed by atoms with Crippen molar-refractivity contribution in [2.24, 2.45) is 5.92 Å². The van der Waals surface area contributed by atoms with E-state index in [9.17, 15) is 9.59 Å². The first-order valence-corrected chi connectivity index (χ1v) is 9.88. The second-order valence-electron chi connectivity index (χ2n) is 7.76. The Morgan fingerprint density at radius 3 is 2.54 bits per heavy atom. The zero-order chi connectivity index (χ0) is 20.1. The molecule has 1 aromatic carbocycles. The molecule has 0 bridgehead atoms. The number of furan rings is 1. The third-order valence-electron chi connectivity index (χ3n) is 5.34. The molecule has 6 nitrogen and oxygen atoms in total. The van der Waals surface area contributed by atoms with Crippen molar-refractivity contribution in [1.29, 1.82) is 0 Å². The number of benzene rings is 1. The number of nitrogens with zero attached hydrogens (tertiary/aromatic N) is 1. The van der Waals surface area contributed by atoms with Gasteiger partial charge in [-0.25, -0.2) is 0 Å². The van der Waals surface area contributed by atoms with Crippen molar-refractivity contribution in [3.63, 3.8) is 0 Å². The van der Waals surface area contributed by atoms with Crippen molar-refractivity contribution in [2.75, 3.05) is 13.1 Å². The molecule has 1 aliphatic heterocycles. The predicted octanol–water partition coefficient (Wildman–Crippen LogP) is 2.60. The van der Waals surface area contributed by atoms with Crippen LogP contribution in [0.1, 0.15) is 42.5 Å². The molecule has 1 aliphatic rings. The quantitative estimate of drug-likeness (QED) is 0.771. The summed E-state index contributed by atoms with van der Waals surface area (Å²) in [6.45, 7) is 8.38. The lowest BCUT2D eigenvalue weighted by Crippen LogP contribution is -2.52. The molecule has 2 unspecified atom stereocenters. The van der Waals surface area contributed by atoms with Crippen LogP contribution in [0.2, 0.25) is 0 Å². The van der Waals surface area contributed by atoms with Gasteiger partial charge in [0.05, 0.1) is 6.26 Å². The maximum atomic E-state index is 12.7. The van der Waals surface area contributed by atoms with E-state index >= 15 is 0 Å². The van der Waals surface area contributed by atoms with Gasteiger partial charge in [-0.1, -0.05) is 38.1 Å². The Hall–Kier alpha value is -2.60. The van der Waals surface area contributed by atoms with Crippen LogP contribution in [-0.2, 0) is 17.8 Å². The van der Waals surface area contributed by atoms with E-state index in [2.05, 4.69) is 46.7 Å². The fourth-order valence-electron chi connectivity index (χ4n) is 3.54. The molecular weight excluding hydrogens is 354 g/mol. The van der Waals surface area contributed by atoms with Gasteiger partial charge in [-0.3, -0.25) is 14.5 Å². The smallest absolute Gasteiger partial charge is 0.287 e. The van der Waals surface area contributed by atoms with Crippen LogP contribution in [0.25, 0.3) is 0 Å². The maximum absolute atomic E-state index is 12.7. The molecule has 2 aromatic rings. The maximum Gasteiger partial charge on any atom is 0.287 e. The second-order valence-corrected chi connectivity index (χ2v) is 7.76. The Bertz CT molecular complexity index is 801. The van der Waals surface area contributed by atoms with Crippen LogP contribution in [0.4, 0.5) is 0 Å². The van der Waals surface area contributed by atoms with Crippen LogP contribution in [0.5, 0.6) is 0 Å². The Morgan fingerprint density at radius 2 is 1.86 bits per heavy atom. The highest BCUT2D eigenvalue weighted by Gasteiger charge is 2.27. The van der Waals surface area contributed by atoms with Crippen LogP contribution >= 0.6 is 0 Å². The summed E-state index contributed by atoms with van der Waals surface area (Å²) in [5, 5.41) is 5.79. The normalized spacial score (nSPS) is 16.3. The summed E-state index contributed by atoms with van der Waals surface area (Å²) in [4.78, 5) is 27.3. The number of rotatable bonds is 7. The van der Waals surface area contributed by atoms with E-state index in [4.69, 9.17) is 4.42 Å². The summed E-state index contributed by atoms with van der Waals surface area (Å²) in [7, 11) is 0. The molecule has 2 N–H and O–H groups in total. The highest BCUT2D eigenvalue weighted by atomic mass is 16.3. The molecular formula is C22H29N3O3. The standard InChI is InChI=1S/C22H29N3O3/c1-15(2)20(24-21(26)19-9-6-12-28-19)22(27)23-13-16(3)25-11-10-17-7-4-5-8-18(17)14-25/h4-9,12,15-16,20H,10-11,13-14H2,1-3H3,(H,23,27)(H,24,26). The summed E-state index contributed by atoms with van der Waals surface area (Å²) in [5.41, 5.74) is 2.77. The monoisotopic (exact) mass is 383 g/mol. The van der Waals surface area contributed by atoms with Crippen LogP contribution in [0.3, 0.4) is 0 Å². The number of nitrogens with one attached hydrogen (secondary N) is 2. The number of hydrogen-bond donors (Lipinski definition) is 2. The lowest BCUT2D eigenvalue weighted by Gasteiger charge is -2.34. The molecule has 0 aliphatic carbocycles. The number of carbonyl (C=O) groups is 2. The van der Waals surface area contributed by atoms with Gasteiger partial charge in [-0.05, 0) is 42.5 Å². The Morgan fingerprint density at radius 1 is 1.11 bits per heavy atom. The van der Waals surface area contributed by atoms with Crippen molar-refractivity contribution in [3.05, 3.63) is 59.5 Å². The topological polar surface area (TPSA) is 74.6 Å². The van der Waals surface area contributed by atoms with Gasteiger partial charge < -0.3 is 15.1 Å². The Labute approximate surface area is 166 Å². The molecule has 2 heterocycles. The van der Waals surface area contributed by atoms with Gasteiger partial charge in [0.1, 0.15) is 6.04 Å². The number of hydrogen-bond acceptors (Lipinski definition) is 4. The summed E-state index contributed by atoms with van der Waals surface area (Å²) < 4.78 is 5.11. The molecule has 28 heavy (non-hydrogen) atoms. The average Bonchev–Trinajstić information content (AvgIpc) is 3.24. The number of amides is 2. The van der Waals surface area contributed by atoms with Crippen molar-refractivity contribution < 1.29 is 14.0 Å². The molecule has 0 spiro atoms. The van der Waals surface area contributed by atoms with E-state index in [1.807, 2.05) is 13.8 Å². The van der Waals surface area contributed by atoms with Crippen molar-refractivity contribution in [1.82, 2.24) is 15.5 Å². The van der Waals surface area contributed by atoms with Crippen molar-refractivity contribution >= 4 is 11.8 Å². The molecule has 6 heteroatoms. The molecule has 2 amide bonds. The third kappa shape index (κ3) is 4.81. The van der Waals surface area contributed by atoms with E-state index in [1.165, 1.54) is 17.4 Å². The van der Waals surface area contributed by atoms with E-state index in [1.54, 1.807) is 12.1 Å². The van der Waals surface area contributed by atoms with Crippen molar-refractivity contribution in [2.45, 2.75) is 45.8 Å². The SMILES string of the molecule is CC(C)C(NC(=O)c1ccco1)C(=O)NCC(C)N1CCc2ccccc2C1. The molecule has 150 valence electrons. The second kappa shape index (κ2) is 9.06. The van der Waals surface area contributed by atoms with Crippen LogP contribution < -0.4 is 10.6 Å². The van der Waals surface area contributed by atoms with Crippen LogP contribution in [0.15, 0.2) is 47.1 Å². The predicted molar refractivity (Wildman–Crippen MR) is 108 cm³/mol. The Kier molecular flexibility index (Phi) is 6.52. The zero-order valence-electron chi connectivity index (χ0n) is 16.8. The van der Waals surface area contributed by atoms with Crippen molar-refractivity contribution in [3.8, 4) is 0 Å². The van der Waals surface area contributed by atoms with Gasteiger partial charge in [0.15, 0.2) is 5.76 Å². The fraction of sp³-hybridized carbons (Fsp3) is 0.455. The van der Waals surface area contributed by atoms with Gasteiger partial charge >= 0.3 is 0 Å². The summed E-state index contributed by atoms with van der Waals surface area (Å²) in [6.07, 6.45) is 2.47. The molecule has 0 fully saturated rings. The van der Waals surface area contributed by atoms with Gasteiger partial charge in [-0.2, -0.15) is 0 Å². The minimum Gasteiger partial charge on any atom is -0.459 e. The number of fused-ring (bicyclic) bond motifs is 1. The summed E-state index contributed by atoms with van der Waals surface area (Å²) in [6, 6.07) is 11.4. The molecule has 0 radical (unpaired) electrons. The average molecular weight is 383 g/mol. The van der Waals surface area contributed by atoms with Gasteiger partial charge in [0.25, 0.3) is 5.91 Å². The lowest BCUT2D eigenvalue weighted by atomic mass is 9.98. The first-order valence-electron chi connectivity index (χ1n) is 9.88. The van der Waals surface area contributed by atoms with E-state index < -0.39 is 6.04 Å². The first kappa shape index (κ1) is 20.1. The minimum atomic E-state index is -0.605. The lowest BCUT2D eigenvalue weighted by molar-refractivity contribution is -0.124. The largest absolute Gasteiger partial charge is 0.459 e. The third-order valence-corrected chi connectivity index (χ3v) is 5.34. The molecule has 0 saturated carbocycles. The van der Waals surface area contributed by atoms with E-state index in [-0.39, 0.29) is 29.5 Å². The van der Waals surface area contributed by atoms with E-state index in [0.717, 1.165) is 19.5 Å². The van der Waals surface area contributed by atoms with Crippen LogP contribution in [0, 0.1) is 5.92 Å². The Balaban J connectivity index is 1.53. The first-order chi connectivity index (χ1) is 13.5. The zero-order valence-corrected chi connectivity index (χ0v) is 16.8. The van der Waals surface area contributed by atoms with Gasteiger partial charge in [-0.15, -0.1) is 0 Å². The fourth-order valence-corrected chi connectivity index (χ4v) is 3.54. The summed E-state index contributed by atoms with van der Waals surface area (Å²) in [5.74, 6) is -0.367. The minimum absolute atomic E-state index is 0.0314. The molecule has 3 rings (SSSR count). The summed E-state index contributed by atoms with van der Waals surface area (Å²) >= 11 is 0. The van der Waals surface area contributed by atoms with Crippen LogP contribution in [-0.4, -0.2) is 41.9 Å². The molecule has 1 aromatic heterocycles. The molecule has 0 saturated heterocycles. The molecule has 2 atom stereocenters. The number of carbonyl (C=O) groups excluding carboxylic acids is 2.